The molecule has 0 spiro atoms. The molecule has 1 aromatic heterocycles. The fourth-order valence-electron chi connectivity index (χ4n) is 3.56. The molecule has 3 aromatic rings. The number of alkyl halides is 3. The summed E-state index contributed by atoms with van der Waals surface area (Å²) in [6, 6.07) is 11.3. The first-order valence-electron chi connectivity index (χ1n) is 11.2. The van der Waals surface area contributed by atoms with Crippen molar-refractivity contribution >= 4 is 28.9 Å². The number of benzene rings is 2. The number of rotatable bonds is 8. The monoisotopic (exact) mass is 515 g/mol. The van der Waals surface area contributed by atoms with Crippen LogP contribution in [-0.4, -0.2) is 49.3 Å². The van der Waals surface area contributed by atoms with E-state index in [4.69, 9.17) is 14.2 Å². The highest BCUT2D eigenvalue weighted by molar-refractivity contribution is 5.98. The third-order valence-corrected chi connectivity index (χ3v) is 5.37. The maximum absolute atomic E-state index is 13.7. The standard InChI is InChI=1S/C25H24F3N5O4/c1-3-22(34)30-16-5-4-6-18(13-16)37-23-19(25(26,27)28)15-29-24(32-23)31-20-8-7-17(14-21(20)35-2)33-9-11-36-12-10-33/h3-8,13-15H,1,9-12H2,2H3,(H,30,34)(H,29,31,32). The minimum absolute atomic E-state index is 0.0319. The van der Waals surface area contributed by atoms with E-state index < -0.39 is 23.5 Å². The number of amides is 1. The van der Waals surface area contributed by atoms with E-state index in [1.165, 1.54) is 25.3 Å². The third-order valence-electron chi connectivity index (χ3n) is 5.37. The molecule has 2 heterocycles. The smallest absolute Gasteiger partial charge is 0.423 e. The molecule has 0 saturated carbocycles. The first kappa shape index (κ1) is 25.8. The average Bonchev–Trinajstić information content (AvgIpc) is 2.89. The van der Waals surface area contributed by atoms with E-state index in [0.717, 1.165) is 24.9 Å². The SMILES string of the molecule is C=CC(=O)Nc1cccc(Oc2nc(Nc3ccc(N4CCOCC4)cc3OC)ncc2C(F)(F)F)c1. The fraction of sp³-hybridized carbons (Fsp3) is 0.240. The Balaban J connectivity index is 1.61. The number of carbonyl (C=O) groups excluding carboxylic acids is 1. The van der Waals surface area contributed by atoms with Crippen LogP contribution in [0.2, 0.25) is 0 Å². The molecule has 37 heavy (non-hydrogen) atoms. The molecule has 1 aliphatic rings. The van der Waals surface area contributed by atoms with Crippen molar-refractivity contribution in [2.45, 2.75) is 6.18 Å². The van der Waals surface area contributed by atoms with E-state index >= 15 is 0 Å². The van der Waals surface area contributed by atoms with Gasteiger partial charge in [-0.3, -0.25) is 4.79 Å². The Morgan fingerprint density at radius 1 is 1.19 bits per heavy atom. The minimum atomic E-state index is -4.76. The van der Waals surface area contributed by atoms with E-state index in [-0.39, 0.29) is 11.7 Å². The number of hydrogen-bond donors (Lipinski definition) is 2. The van der Waals surface area contributed by atoms with Crippen LogP contribution in [0.5, 0.6) is 17.4 Å². The molecule has 2 N–H and O–H groups in total. The highest BCUT2D eigenvalue weighted by Crippen LogP contribution is 2.38. The number of anilines is 4. The summed E-state index contributed by atoms with van der Waals surface area (Å²) in [5.74, 6) is -0.821. The Hall–Kier alpha value is -4.32. The number of hydrogen-bond acceptors (Lipinski definition) is 8. The molecule has 0 unspecified atom stereocenters. The predicted molar refractivity (Wildman–Crippen MR) is 132 cm³/mol. The number of halogens is 3. The van der Waals surface area contributed by atoms with Crippen LogP contribution >= 0.6 is 0 Å². The van der Waals surface area contributed by atoms with Gasteiger partial charge >= 0.3 is 6.18 Å². The number of ether oxygens (including phenoxy) is 3. The van der Waals surface area contributed by atoms with E-state index in [0.29, 0.717) is 36.5 Å². The second-order valence-corrected chi connectivity index (χ2v) is 7.84. The van der Waals surface area contributed by atoms with E-state index in [1.807, 2.05) is 12.1 Å². The van der Waals surface area contributed by atoms with Gasteiger partial charge < -0.3 is 29.7 Å². The summed E-state index contributed by atoms with van der Waals surface area (Å²) in [7, 11) is 1.49. The number of carbonyl (C=O) groups is 1. The Morgan fingerprint density at radius 3 is 2.68 bits per heavy atom. The Morgan fingerprint density at radius 2 is 1.97 bits per heavy atom. The van der Waals surface area contributed by atoms with Crippen molar-refractivity contribution in [2.24, 2.45) is 0 Å². The molecule has 1 amide bonds. The van der Waals surface area contributed by atoms with Crippen molar-refractivity contribution in [3.05, 3.63) is 66.9 Å². The van der Waals surface area contributed by atoms with Gasteiger partial charge in [-0.1, -0.05) is 12.6 Å². The van der Waals surface area contributed by atoms with Crippen molar-refractivity contribution in [3.63, 3.8) is 0 Å². The zero-order valence-corrected chi connectivity index (χ0v) is 19.8. The van der Waals surface area contributed by atoms with Gasteiger partial charge in [0.25, 0.3) is 0 Å². The summed E-state index contributed by atoms with van der Waals surface area (Å²) >= 11 is 0. The first-order chi connectivity index (χ1) is 17.8. The summed E-state index contributed by atoms with van der Waals surface area (Å²) in [5, 5.41) is 5.42. The van der Waals surface area contributed by atoms with Crippen molar-refractivity contribution in [3.8, 4) is 17.4 Å². The molecule has 4 rings (SSSR count). The van der Waals surface area contributed by atoms with Crippen LogP contribution < -0.4 is 25.0 Å². The highest BCUT2D eigenvalue weighted by atomic mass is 19.4. The van der Waals surface area contributed by atoms with E-state index in [2.05, 4.69) is 32.1 Å². The second kappa shape index (κ2) is 11.2. The van der Waals surface area contributed by atoms with Gasteiger partial charge in [0.2, 0.25) is 17.7 Å². The summed E-state index contributed by atoms with van der Waals surface area (Å²) in [4.78, 5) is 21.5. The average molecular weight is 515 g/mol. The zero-order chi connectivity index (χ0) is 26.4. The Bertz CT molecular complexity index is 1280. The van der Waals surface area contributed by atoms with Crippen LogP contribution in [0.1, 0.15) is 5.56 Å². The lowest BCUT2D eigenvalue weighted by atomic mass is 10.2. The summed E-state index contributed by atoms with van der Waals surface area (Å²) in [6.45, 7) is 6.07. The quantitative estimate of drug-likeness (QED) is 0.405. The van der Waals surface area contributed by atoms with Gasteiger partial charge in [0.05, 0.1) is 26.0 Å². The Labute approximate surface area is 210 Å². The maximum Gasteiger partial charge on any atom is 0.423 e. The molecule has 9 nitrogen and oxygen atoms in total. The van der Waals surface area contributed by atoms with Crippen molar-refractivity contribution in [1.29, 1.82) is 0 Å². The Kier molecular flexibility index (Phi) is 7.77. The van der Waals surface area contributed by atoms with Crippen LogP contribution in [0.25, 0.3) is 0 Å². The van der Waals surface area contributed by atoms with Crippen LogP contribution in [-0.2, 0) is 15.7 Å². The van der Waals surface area contributed by atoms with E-state index in [1.54, 1.807) is 12.1 Å². The van der Waals surface area contributed by atoms with Gasteiger partial charge in [-0.15, -0.1) is 0 Å². The van der Waals surface area contributed by atoms with Gasteiger partial charge in [0.1, 0.15) is 17.1 Å². The summed E-state index contributed by atoms with van der Waals surface area (Å²) in [6.07, 6.45) is -3.05. The van der Waals surface area contributed by atoms with Crippen molar-refractivity contribution in [2.75, 3.05) is 48.9 Å². The van der Waals surface area contributed by atoms with Crippen molar-refractivity contribution < 1.29 is 32.2 Å². The van der Waals surface area contributed by atoms with E-state index in [9.17, 15) is 18.0 Å². The van der Waals surface area contributed by atoms with Gasteiger partial charge in [-0.05, 0) is 30.3 Å². The lowest BCUT2D eigenvalue weighted by Gasteiger charge is -2.29. The molecular weight excluding hydrogens is 491 g/mol. The molecule has 0 radical (unpaired) electrons. The zero-order valence-electron chi connectivity index (χ0n) is 19.8. The molecule has 0 atom stereocenters. The number of nitrogens with one attached hydrogen (secondary N) is 2. The molecule has 0 aliphatic carbocycles. The minimum Gasteiger partial charge on any atom is -0.494 e. The number of morpholine rings is 1. The number of nitrogens with zero attached hydrogens (tertiary/aromatic N) is 3. The molecule has 1 aliphatic heterocycles. The molecule has 12 heteroatoms. The molecular formula is C25H24F3N5O4. The molecule has 1 fully saturated rings. The van der Waals surface area contributed by atoms with Crippen LogP contribution in [0, 0.1) is 0 Å². The van der Waals surface area contributed by atoms with Gasteiger partial charge in [0.15, 0.2) is 0 Å². The van der Waals surface area contributed by atoms with Crippen LogP contribution in [0.3, 0.4) is 0 Å². The normalized spacial score (nSPS) is 13.6. The molecule has 0 bridgehead atoms. The largest absolute Gasteiger partial charge is 0.494 e. The predicted octanol–water partition coefficient (Wildman–Crippen LogP) is 5.00. The lowest BCUT2D eigenvalue weighted by Crippen LogP contribution is -2.36. The fourth-order valence-corrected chi connectivity index (χ4v) is 3.56. The van der Waals surface area contributed by atoms with Gasteiger partial charge in [-0.25, -0.2) is 4.98 Å². The van der Waals surface area contributed by atoms with Crippen molar-refractivity contribution in [1.82, 2.24) is 9.97 Å². The molecule has 194 valence electrons. The summed E-state index contributed by atoms with van der Waals surface area (Å²) in [5.41, 5.74) is 0.535. The second-order valence-electron chi connectivity index (χ2n) is 7.84. The van der Waals surface area contributed by atoms with Gasteiger partial charge in [-0.2, -0.15) is 18.2 Å². The maximum atomic E-state index is 13.7. The molecule has 2 aromatic carbocycles. The molecule has 1 saturated heterocycles. The van der Waals surface area contributed by atoms with Gasteiger partial charge in [0, 0.05) is 42.8 Å². The third kappa shape index (κ3) is 6.47. The highest BCUT2D eigenvalue weighted by Gasteiger charge is 2.36. The van der Waals surface area contributed by atoms with Crippen LogP contribution in [0.15, 0.2) is 61.3 Å². The summed E-state index contributed by atoms with van der Waals surface area (Å²) < 4.78 is 57.3. The number of methoxy groups -OCH3 is 1. The van der Waals surface area contributed by atoms with Crippen LogP contribution in [0.4, 0.5) is 36.2 Å². The number of aromatic nitrogens is 2. The lowest BCUT2D eigenvalue weighted by molar-refractivity contribution is -0.139. The topological polar surface area (TPSA) is 97.8 Å². The first-order valence-corrected chi connectivity index (χ1v) is 11.2.